The summed E-state index contributed by atoms with van der Waals surface area (Å²) >= 11 is 12.4. The van der Waals surface area contributed by atoms with Crippen LogP contribution in [-0.2, 0) is 26.2 Å². The van der Waals surface area contributed by atoms with E-state index in [0.29, 0.717) is 6.42 Å². The molecule has 0 aromatic heterocycles. The Hall–Kier alpha value is -2.29. The van der Waals surface area contributed by atoms with Crippen molar-refractivity contribution in [2.45, 2.75) is 57.7 Å². The number of amides is 2. The van der Waals surface area contributed by atoms with E-state index in [1.54, 1.807) is 0 Å². The molecule has 0 heterocycles. The van der Waals surface area contributed by atoms with Crippen LogP contribution in [0.5, 0.6) is 0 Å². The molecule has 1 saturated carbocycles. The van der Waals surface area contributed by atoms with Gasteiger partial charge in [0.2, 0.25) is 21.8 Å². The van der Waals surface area contributed by atoms with Crippen LogP contribution in [-0.4, -0.2) is 50.0 Å². The Bertz CT molecular complexity index is 1140. The van der Waals surface area contributed by atoms with Crippen LogP contribution in [0.15, 0.2) is 48.5 Å². The first-order chi connectivity index (χ1) is 16.6. The molecular weight excluding hydrogens is 509 g/mol. The topological polar surface area (TPSA) is 86.8 Å². The number of anilines is 1. The van der Waals surface area contributed by atoms with Gasteiger partial charge >= 0.3 is 0 Å². The van der Waals surface area contributed by atoms with Crippen LogP contribution in [0.4, 0.5) is 5.69 Å². The van der Waals surface area contributed by atoms with E-state index in [9.17, 15) is 18.0 Å². The van der Waals surface area contributed by atoms with E-state index in [1.807, 2.05) is 37.3 Å². The normalized spacial score (nSPS) is 15.0. The van der Waals surface area contributed by atoms with Gasteiger partial charge in [-0.15, -0.1) is 0 Å². The molecule has 0 bridgehead atoms. The highest BCUT2D eigenvalue weighted by molar-refractivity contribution is 7.92. The first-order valence-corrected chi connectivity index (χ1v) is 14.3. The molecule has 1 N–H and O–H groups in total. The lowest BCUT2D eigenvalue weighted by molar-refractivity contribution is -0.140. The van der Waals surface area contributed by atoms with Gasteiger partial charge in [0.15, 0.2) is 0 Å². The number of sulfonamides is 1. The number of rotatable bonds is 10. The zero-order chi connectivity index (χ0) is 25.6. The molecule has 1 aliphatic carbocycles. The second-order valence-corrected chi connectivity index (χ2v) is 11.5. The predicted octanol–water partition coefficient (Wildman–Crippen LogP) is 4.63. The van der Waals surface area contributed by atoms with Crippen molar-refractivity contribution in [3.63, 3.8) is 0 Å². The van der Waals surface area contributed by atoms with E-state index < -0.39 is 28.5 Å². The third-order valence-electron chi connectivity index (χ3n) is 6.14. The maximum atomic E-state index is 13.7. The summed E-state index contributed by atoms with van der Waals surface area (Å²) in [5.41, 5.74) is 0.942. The Morgan fingerprint density at radius 3 is 2.34 bits per heavy atom. The second kappa shape index (κ2) is 12.1. The number of hydrogen-bond acceptors (Lipinski definition) is 4. The summed E-state index contributed by atoms with van der Waals surface area (Å²) in [7, 11) is -3.89. The summed E-state index contributed by atoms with van der Waals surface area (Å²) in [6, 6.07) is 13.1. The molecule has 2 amide bonds. The zero-order valence-electron chi connectivity index (χ0n) is 19.9. The molecule has 1 aliphatic rings. The van der Waals surface area contributed by atoms with Gasteiger partial charge in [-0.2, -0.15) is 0 Å². The summed E-state index contributed by atoms with van der Waals surface area (Å²) in [6.07, 6.45) is 5.36. The van der Waals surface area contributed by atoms with Crippen molar-refractivity contribution in [2.24, 2.45) is 0 Å². The number of nitrogens with zero attached hydrogens (tertiary/aromatic N) is 2. The monoisotopic (exact) mass is 539 g/mol. The number of carbonyl (C=O) groups excluding carboxylic acids is 2. The highest BCUT2D eigenvalue weighted by atomic mass is 35.5. The lowest BCUT2D eigenvalue weighted by Gasteiger charge is -2.33. The quantitative estimate of drug-likeness (QED) is 0.476. The van der Waals surface area contributed by atoms with Gasteiger partial charge in [0.25, 0.3) is 0 Å². The number of hydrogen-bond donors (Lipinski definition) is 1. The van der Waals surface area contributed by atoms with Crippen LogP contribution in [0.3, 0.4) is 0 Å². The van der Waals surface area contributed by atoms with Crippen molar-refractivity contribution in [2.75, 3.05) is 17.1 Å². The van der Waals surface area contributed by atoms with Crippen molar-refractivity contribution in [3.05, 3.63) is 64.1 Å². The maximum Gasteiger partial charge on any atom is 0.244 e. The zero-order valence-corrected chi connectivity index (χ0v) is 22.2. The molecule has 0 spiro atoms. The average Bonchev–Trinajstić information content (AvgIpc) is 3.32. The largest absolute Gasteiger partial charge is 0.352 e. The van der Waals surface area contributed by atoms with Crippen molar-refractivity contribution in [1.82, 2.24) is 10.2 Å². The first kappa shape index (κ1) is 27.3. The number of benzene rings is 2. The third kappa shape index (κ3) is 7.35. The molecule has 10 heteroatoms. The van der Waals surface area contributed by atoms with E-state index in [1.165, 1.54) is 23.1 Å². The van der Waals surface area contributed by atoms with Crippen molar-refractivity contribution >= 4 is 50.7 Å². The van der Waals surface area contributed by atoms with E-state index in [2.05, 4.69) is 5.32 Å². The van der Waals surface area contributed by atoms with E-state index in [-0.39, 0.29) is 34.2 Å². The smallest absolute Gasteiger partial charge is 0.244 e. The minimum atomic E-state index is -3.89. The third-order valence-corrected chi connectivity index (χ3v) is 7.82. The molecule has 1 atom stereocenters. The van der Waals surface area contributed by atoms with Gasteiger partial charge in [-0.05, 0) is 43.0 Å². The Morgan fingerprint density at radius 2 is 1.74 bits per heavy atom. The van der Waals surface area contributed by atoms with Gasteiger partial charge in [0.1, 0.15) is 12.6 Å². The summed E-state index contributed by atoms with van der Waals surface area (Å²) in [5, 5.41) is 3.51. The highest BCUT2D eigenvalue weighted by Crippen LogP contribution is 2.31. The Morgan fingerprint density at radius 1 is 1.09 bits per heavy atom. The van der Waals surface area contributed by atoms with Crippen molar-refractivity contribution < 1.29 is 18.0 Å². The van der Waals surface area contributed by atoms with Crippen LogP contribution in [0.2, 0.25) is 10.0 Å². The molecule has 0 saturated heterocycles. The van der Waals surface area contributed by atoms with E-state index >= 15 is 0 Å². The molecule has 3 rings (SSSR count). The summed E-state index contributed by atoms with van der Waals surface area (Å²) in [5.74, 6) is -0.737. The van der Waals surface area contributed by atoms with Gasteiger partial charge in [0.05, 0.1) is 17.0 Å². The molecule has 35 heavy (non-hydrogen) atoms. The summed E-state index contributed by atoms with van der Waals surface area (Å²) < 4.78 is 26.3. The minimum absolute atomic E-state index is 0.100. The van der Waals surface area contributed by atoms with Gasteiger partial charge in [-0.25, -0.2) is 8.42 Å². The minimum Gasteiger partial charge on any atom is -0.352 e. The fourth-order valence-corrected chi connectivity index (χ4v) is 5.63. The number of halogens is 2. The second-order valence-electron chi connectivity index (χ2n) is 8.79. The van der Waals surface area contributed by atoms with Crippen LogP contribution in [0, 0.1) is 0 Å². The Kier molecular flexibility index (Phi) is 9.44. The molecule has 190 valence electrons. The van der Waals surface area contributed by atoms with Gasteiger partial charge in [0, 0.05) is 17.6 Å². The lowest BCUT2D eigenvalue weighted by Crippen LogP contribution is -2.53. The highest BCUT2D eigenvalue weighted by Gasteiger charge is 2.33. The fourth-order valence-electron chi connectivity index (χ4n) is 4.34. The number of carbonyl (C=O) groups is 2. The molecule has 2 aromatic rings. The molecule has 2 aromatic carbocycles. The summed E-state index contributed by atoms with van der Waals surface area (Å²) in [6.45, 7) is 1.49. The van der Waals surface area contributed by atoms with Crippen LogP contribution in [0.25, 0.3) is 0 Å². The molecule has 0 aliphatic heterocycles. The van der Waals surface area contributed by atoms with E-state index in [4.69, 9.17) is 23.2 Å². The average molecular weight is 541 g/mol. The molecule has 1 fully saturated rings. The van der Waals surface area contributed by atoms with Gasteiger partial charge < -0.3 is 10.2 Å². The Balaban J connectivity index is 1.93. The van der Waals surface area contributed by atoms with Crippen LogP contribution in [0.1, 0.15) is 44.6 Å². The molecule has 0 radical (unpaired) electrons. The molecule has 7 nitrogen and oxygen atoms in total. The van der Waals surface area contributed by atoms with Gasteiger partial charge in [-0.3, -0.25) is 13.9 Å². The summed E-state index contributed by atoms with van der Waals surface area (Å²) in [4.78, 5) is 28.4. The SMILES string of the molecule is CC[C@@H](C(=O)NC1CCCC1)N(Cc1ccccc1)C(=O)CN(c1cc(Cl)ccc1Cl)S(C)(=O)=O. The van der Waals surface area contributed by atoms with Crippen molar-refractivity contribution in [1.29, 1.82) is 0 Å². The molecular formula is C25H31Cl2N3O4S. The fraction of sp³-hybridized carbons (Fsp3) is 0.440. The lowest BCUT2D eigenvalue weighted by atomic mass is 10.1. The first-order valence-electron chi connectivity index (χ1n) is 11.7. The van der Waals surface area contributed by atoms with Crippen LogP contribution < -0.4 is 9.62 Å². The molecule has 0 unspecified atom stereocenters. The van der Waals surface area contributed by atoms with E-state index in [0.717, 1.165) is 41.8 Å². The van der Waals surface area contributed by atoms with Crippen molar-refractivity contribution in [3.8, 4) is 0 Å². The van der Waals surface area contributed by atoms with Crippen LogP contribution >= 0.6 is 23.2 Å². The Labute approximate surface area is 217 Å². The maximum absolute atomic E-state index is 13.7. The standard InChI is InChI=1S/C25H31Cl2N3O4S/c1-3-22(25(32)28-20-11-7-8-12-20)29(16-18-9-5-4-6-10-18)24(31)17-30(35(2,33)34)23-15-19(26)13-14-21(23)27/h4-6,9-10,13-15,20,22H,3,7-8,11-12,16-17H2,1-2H3,(H,28,32)/t22-/m0/s1. The predicted molar refractivity (Wildman–Crippen MR) is 140 cm³/mol. The number of nitrogens with one attached hydrogen (secondary N) is 1. The van der Waals surface area contributed by atoms with Gasteiger partial charge in [-0.1, -0.05) is 73.3 Å².